The van der Waals surface area contributed by atoms with Crippen LogP contribution in [0.4, 0.5) is 0 Å². The van der Waals surface area contributed by atoms with Crippen molar-refractivity contribution in [1.29, 1.82) is 0 Å². The van der Waals surface area contributed by atoms with Gasteiger partial charge in [0.05, 0.1) is 37.4 Å². The molecule has 2 aliphatic rings. The lowest BCUT2D eigenvalue weighted by Gasteiger charge is -2.28. The Morgan fingerprint density at radius 3 is 2.38 bits per heavy atom. The van der Waals surface area contributed by atoms with Crippen LogP contribution in [-0.4, -0.2) is 73.7 Å². The minimum atomic E-state index is -0.459. The van der Waals surface area contributed by atoms with E-state index in [1.165, 1.54) is 12.8 Å². The molecule has 8 heteroatoms. The highest BCUT2D eigenvalue weighted by molar-refractivity contribution is 6.20. The SMILES string of the molecule is CC(C)CN(CCC1CCNCC1)C(=O)CCOCCON1C(=O)c2ccccc2C1=O. The van der Waals surface area contributed by atoms with Crippen molar-refractivity contribution in [1.82, 2.24) is 15.3 Å². The molecule has 0 saturated carbocycles. The van der Waals surface area contributed by atoms with Gasteiger partial charge in [-0.25, -0.2) is 0 Å². The lowest BCUT2D eigenvalue weighted by atomic mass is 9.94. The van der Waals surface area contributed by atoms with Gasteiger partial charge in [-0.1, -0.05) is 26.0 Å². The van der Waals surface area contributed by atoms with Crippen molar-refractivity contribution < 1.29 is 24.0 Å². The molecule has 0 spiro atoms. The van der Waals surface area contributed by atoms with E-state index in [0.29, 0.717) is 29.4 Å². The molecule has 3 rings (SSSR count). The lowest BCUT2D eigenvalue weighted by molar-refractivity contribution is -0.134. The Bertz CT molecular complexity index is 757. The summed E-state index contributed by atoms with van der Waals surface area (Å²) in [4.78, 5) is 44.5. The molecule has 2 heterocycles. The van der Waals surface area contributed by atoms with Gasteiger partial charge < -0.3 is 15.0 Å². The Morgan fingerprint density at radius 1 is 1.09 bits per heavy atom. The average Bonchev–Trinajstić information content (AvgIpc) is 3.04. The zero-order valence-electron chi connectivity index (χ0n) is 19.2. The first-order valence-corrected chi connectivity index (χ1v) is 11.6. The van der Waals surface area contributed by atoms with Crippen LogP contribution in [0.5, 0.6) is 0 Å². The van der Waals surface area contributed by atoms with Gasteiger partial charge in [0, 0.05) is 13.1 Å². The van der Waals surface area contributed by atoms with Gasteiger partial charge in [-0.15, -0.1) is 5.06 Å². The van der Waals surface area contributed by atoms with Crippen molar-refractivity contribution in [3.63, 3.8) is 0 Å². The van der Waals surface area contributed by atoms with Gasteiger partial charge in [0.2, 0.25) is 5.91 Å². The lowest BCUT2D eigenvalue weighted by Crippen LogP contribution is -2.37. The van der Waals surface area contributed by atoms with Crippen LogP contribution in [0, 0.1) is 11.8 Å². The molecule has 0 aliphatic carbocycles. The molecule has 2 aliphatic heterocycles. The van der Waals surface area contributed by atoms with Crippen molar-refractivity contribution in [2.45, 2.75) is 39.5 Å². The molecule has 3 amide bonds. The van der Waals surface area contributed by atoms with E-state index in [0.717, 1.165) is 37.7 Å². The number of carbonyl (C=O) groups is 3. The number of hydrogen-bond acceptors (Lipinski definition) is 6. The van der Waals surface area contributed by atoms with Crippen LogP contribution in [0.15, 0.2) is 24.3 Å². The van der Waals surface area contributed by atoms with E-state index in [-0.39, 0.29) is 25.7 Å². The van der Waals surface area contributed by atoms with Crippen LogP contribution in [0.3, 0.4) is 0 Å². The van der Waals surface area contributed by atoms with Crippen molar-refractivity contribution in [2.75, 3.05) is 46.0 Å². The van der Waals surface area contributed by atoms with E-state index in [9.17, 15) is 14.4 Å². The van der Waals surface area contributed by atoms with Crippen LogP contribution in [-0.2, 0) is 14.4 Å². The molecular formula is C24H35N3O5. The van der Waals surface area contributed by atoms with Crippen LogP contribution in [0.2, 0.25) is 0 Å². The number of fused-ring (bicyclic) bond motifs is 1. The first-order valence-electron chi connectivity index (χ1n) is 11.6. The Labute approximate surface area is 190 Å². The molecule has 32 heavy (non-hydrogen) atoms. The molecule has 0 radical (unpaired) electrons. The molecule has 1 N–H and O–H groups in total. The zero-order valence-corrected chi connectivity index (χ0v) is 19.2. The third kappa shape index (κ3) is 6.60. The second-order valence-corrected chi connectivity index (χ2v) is 8.86. The van der Waals surface area contributed by atoms with E-state index in [1.54, 1.807) is 24.3 Å². The fourth-order valence-electron chi connectivity index (χ4n) is 4.16. The van der Waals surface area contributed by atoms with Gasteiger partial charge in [-0.2, -0.15) is 0 Å². The van der Waals surface area contributed by atoms with E-state index >= 15 is 0 Å². The van der Waals surface area contributed by atoms with Crippen LogP contribution < -0.4 is 5.32 Å². The molecule has 8 nitrogen and oxygen atoms in total. The number of benzene rings is 1. The number of ether oxygens (including phenoxy) is 1. The predicted octanol–water partition coefficient (Wildman–Crippen LogP) is 2.50. The van der Waals surface area contributed by atoms with Crippen LogP contribution in [0.25, 0.3) is 0 Å². The smallest absolute Gasteiger partial charge is 0.285 e. The maximum absolute atomic E-state index is 12.7. The quantitative estimate of drug-likeness (QED) is 0.393. The second kappa shape index (κ2) is 12.1. The number of nitrogens with one attached hydrogen (secondary N) is 1. The Hall–Kier alpha value is -2.29. The van der Waals surface area contributed by atoms with Crippen LogP contribution >= 0.6 is 0 Å². The first-order chi connectivity index (χ1) is 15.5. The van der Waals surface area contributed by atoms with Crippen molar-refractivity contribution in [3.8, 4) is 0 Å². The molecule has 1 aromatic carbocycles. The molecule has 1 aromatic rings. The largest absolute Gasteiger partial charge is 0.378 e. The van der Waals surface area contributed by atoms with Gasteiger partial charge in [0.25, 0.3) is 11.8 Å². The van der Waals surface area contributed by atoms with Crippen molar-refractivity contribution in [2.24, 2.45) is 11.8 Å². The van der Waals surface area contributed by atoms with E-state index in [4.69, 9.17) is 9.57 Å². The molecular weight excluding hydrogens is 410 g/mol. The maximum Gasteiger partial charge on any atom is 0.285 e. The molecule has 0 atom stereocenters. The van der Waals surface area contributed by atoms with Gasteiger partial charge in [-0.3, -0.25) is 19.2 Å². The number of carbonyl (C=O) groups excluding carboxylic acids is 3. The normalized spacial score (nSPS) is 16.7. The number of hydrogen-bond donors (Lipinski definition) is 1. The third-order valence-corrected chi connectivity index (χ3v) is 5.87. The third-order valence-electron chi connectivity index (χ3n) is 5.87. The molecule has 0 bridgehead atoms. The highest BCUT2D eigenvalue weighted by Crippen LogP contribution is 2.22. The summed E-state index contributed by atoms with van der Waals surface area (Å²) >= 11 is 0. The summed E-state index contributed by atoms with van der Waals surface area (Å²) in [6, 6.07) is 6.63. The number of amides is 3. The Kier molecular flexibility index (Phi) is 9.20. The monoisotopic (exact) mass is 445 g/mol. The summed E-state index contributed by atoms with van der Waals surface area (Å²) in [5, 5.41) is 4.16. The Balaban J connectivity index is 1.34. The molecule has 176 valence electrons. The van der Waals surface area contributed by atoms with Gasteiger partial charge in [0.1, 0.15) is 0 Å². The number of nitrogens with zero attached hydrogens (tertiary/aromatic N) is 2. The predicted molar refractivity (Wildman–Crippen MR) is 120 cm³/mol. The first kappa shape index (κ1) is 24.4. The number of hydroxylamine groups is 2. The van der Waals surface area contributed by atoms with Crippen molar-refractivity contribution in [3.05, 3.63) is 35.4 Å². The summed E-state index contributed by atoms with van der Waals surface area (Å²) in [5.74, 6) is 0.293. The maximum atomic E-state index is 12.7. The molecule has 1 saturated heterocycles. The number of imide groups is 1. The second-order valence-electron chi connectivity index (χ2n) is 8.86. The van der Waals surface area contributed by atoms with E-state index < -0.39 is 11.8 Å². The number of piperidine rings is 1. The number of rotatable bonds is 12. The summed E-state index contributed by atoms with van der Waals surface area (Å²) in [7, 11) is 0. The van der Waals surface area contributed by atoms with E-state index in [2.05, 4.69) is 19.2 Å². The highest BCUT2D eigenvalue weighted by atomic mass is 16.7. The Morgan fingerprint density at radius 2 is 1.75 bits per heavy atom. The van der Waals surface area contributed by atoms with Crippen LogP contribution in [0.1, 0.15) is 60.2 Å². The van der Waals surface area contributed by atoms with Crippen molar-refractivity contribution >= 4 is 17.7 Å². The fourth-order valence-corrected chi connectivity index (χ4v) is 4.16. The zero-order chi connectivity index (χ0) is 22.9. The topological polar surface area (TPSA) is 88.2 Å². The van der Waals surface area contributed by atoms with E-state index in [1.807, 2.05) is 4.90 Å². The summed E-state index contributed by atoms with van der Waals surface area (Å²) < 4.78 is 5.53. The summed E-state index contributed by atoms with van der Waals surface area (Å²) in [5.41, 5.74) is 0.692. The van der Waals surface area contributed by atoms with Gasteiger partial charge in [0.15, 0.2) is 0 Å². The van der Waals surface area contributed by atoms with Gasteiger partial charge in [-0.05, 0) is 56.3 Å². The molecule has 0 aromatic heterocycles. The average molecular weight is 446 g/mol. The standard InChI is InChI=1S/C24H35N3O5/c1-18(2)17-26(13-9-19-7-11-25-12-8-19)22(28)10-14-31-15-16-32-27-23(29)20-5-3-4-6-21(20)24(27)30/h3-6,18-19,25H,7-17H2,1-2H3. The highest BCUT2D eigenvalue weighted by Gasteiger charge is 2.36. The minimum absolute atomic E-state index is 0.0606. The minimum Gasteiger partial charge on any atom is -0.378 e. The molecule has 0 unspecified atom stereocenters. The fraction of sp³-hybridized carbons (Fsp3) is 0.625. The molecule has 1 fully saturated rings. The van der Waals surface area contributed by atoms with Gasteiger partial charge >= 0.3 is 0 Å². The summed E-state index contributed by atoms with van der Waals surface area (Å²) in [6.07, 6.45) is 3.72. The summed E-state index contributed by atoms with van der Waals surface area (Å²) in [6.45, 7) is 8.48.